The Bertz CT molecular complexity index is 1030. The highest BCUT2D eigenvalue weighted by molar-refractivity contribution is 9.10. The zero-order valence-corrected chi connectivity index (χ0v) is 17.2. The summed E-state index contributed by atoms with van der Waals surface area (Å²) < 4.78 is 1.17. The Balaban J connectivity index is 1.96. The molecule has 4 aromatic rings. The highest BCUT2D eigenvalue weighted by Crippen LogP contribution is 2.50. The van der Waals surface area contributed by atoms with E-state index in [1.54, 1.807) is 0 Å². The molecule has 0 bridgehead atoms. The van der Waals surface area contributed by atoms with E-state index >= 15 is 0 Å². The zero-order valence-electron chi connectivity index (χ0n) is 14.8. The van der Waals surface area contributed by atoms with E-state index in [-0.39, 0.29) is 0 Å². The molecule has 0 radical (unpaired) electrons. The van der Waals surface area contributed by atoms with Gasteiger partial charge in [0.2, 0.25) is 0 Å². The van der Waals surface area contributed by atoms with Crippen LogP contribution >= 0.6 is 27.3 Å². The van der Waals surface area contributed by atoms with Crippen molar-refractivity contribution < 1.29 is 0 Å². The number of rotatable bonds is 3. The summed E-state index contributed by atoms with van der Waals surface area (Å²) in [5.74, 6) is 0. The van der Waals surface area contributed by atoms with Crippen LogP contribution in [0.1, 0.15) is 11.1 Å². The maximum Gasteiger partial charge on any atom is 0.0498 e. The molecule has 0 unspecified atom stereocenters. The third kappa shape index (κ3) is 3.27. The summed E-state index contributed by atoms with van der Waals surface area (Å²) in [6.45, 7) is 4.25. The molecule has 0 fully saturated rings. The molecule has 0 aliphatic carbocycles. The van der Waals surface area contributed by atoms with Crippen molar-refractivity contribution in [2.24, 2.45) is 0 Å². The van der Waals surface area contributed by atoms with Crippen LogP contribution in [-0.4, -0.2) is 0 Å². The van der Waals surface area contributed by atoms with Crippen LogP contribution in [0.3, 0.4) is 0 Å². The van der Waals surface area contributed by atoms with Crippen LogP contribution in [-0.2, 0) is 0 Å². The second-order valence-electron chi connectivity index (χ2n) is 6.55. The molecule has 2 heteroatoms. The summed E-state index contributed by atoms with van der Waals surface area (Å²) >= 11 is 5.77. The molecular formula is C24H19BrS. The molecule has 0 nitrogen and oxygen atoms in total. The SMILES string of the molecule is Cc1ccc(-c2sc(-c3ccc(C)cc3)c(-c3ccccc3)c2Br)cc1. The minimum absolute atomic E-state index is 1.17. The van der Waals surface area contributed by atoms with Crippen LogP contribution in [0.2, 0.25) is 0 Å². The summed E-state index contributed by atoms with van der Waals surface area (Å²) in [6, 6.07) is 28.2. The maximum absolute atomic E-state index is 3.92. The Morgan fingerprint density at radius 2 is 1.08 bits per heavy atom. The molecular weight excluding hydrogens is 400 g/mol. The normalized spacial score (nSPS) is 10.9. The van der Waals surface area contributed by atoms with Gasteiger partial charge in [-0.05, 0) is 46.5 Å². The number of benzene rings is 3. The van der Waals surface area contributed by atoms with Crippen molar-refractivity contribution in [1.29, 1.82) is 0 Å². The van der Waals surface area contributed by atoms with Gasteiger partial charge in [-0.15, -0.1) is 11.3 Å². The van der Waals surface area contributed by atoms with E-state index in [1.165, 1.54) is 47.6 Å². The van der Waals surface area contributed by atoms with E-state index in [0.29, 0.717) is 0 Å². The van der Waals surface area contributed by atoms with Gasteiger partial charge in [-0.3, -0.25) is 0 Å². The molecule has 3 aromatic carbocycles. The van der Waals surface area contributed by atoms with Crippen molar-refractivity contribution in [2.75, 3.05) is 0 Å². The van der Waals surface area contributed by atoms with Gasteiger partial charge in [-0.1, -0.05) is 90.0 Å². The van der Waals surface area contributed by atoms with Crippen LogP contribution in [0.15, 0.2) is 83.3 Å². The first kappa shape index (κ1) is 17.3. The van der Waals surface area contributed by atoms with Crippen LogP contribution in [0.4, 0.5) is 0 Å². The lowest BCUT2D eigenvalue weighted by Gasteiger charge is -2.06. The average Bonchev–Trinajstić information content (AvgIpc) is 3.01. The lowest BCUT2D eigenvalue weighted by Crippen LogP contribution is -1.81. The van der Waals surface area contributed by atoms with E-state index in [0.717, 1.165) is 0 Å². The number of thiophene rings is 1. The van der Waals surface area contributed by atoms with E-state index in [4.69, 9.17) is 0 Å². The van der Waals surface area contributed by atoms with Gasteiger partial charge in [0.05, 0.1) is 0 Å². The van der Waals surface area contributed by atoms with Gasteiger partial charge in [0.15, 0.2) is 0 Å². The Hall–Kier alpha value is -2.16. The van der Waals surface area contributed by atoms with Gasteiger partial charge in [0, 0.05) is 19.8 Å². The summed E-state index contributed by atoms with van der Waals surface area (Å²) in [5, 5.41) is 0. The van der Waals surface area contributed by atoms with E-state index in [9.17, 15) is 0 Å². The first-order chi connectivity index (χ1) is 12.6. The molecule has 0 N–H and O–H groups in total. The lowest BCUT2D eigenvalue weighted by atomic mass is 10.0. The highest BCUT2D eigenvalue weighted by atomic mass is 79.9. The molecule has 0 aliphatic rings. The summed E-state index contributed by atoms with van der Waals surface area (Å²) in [4.78, 5) is 2.58. The molecule has 128 valence electrons. The molecule has 0 saturated heterocycles. The Morgan fingerprint density at radius 3 is 1.62 bits per heavy atom. The van der Waals surface area contributed by atoms with E-state index in [2.05, 4.69) is 109 Å². The predicted octanol–water partition coefficient (Wildman–Crippen LogP) is 8.13. The number of aryl methyl sites for hydroxylation is 2. The molecule has 0 atom stereocenters. The second kappa shape index (κ2) is 7.22. The first-order valence-electron chi connectivity index (χ1n) is 8.65. The van der Waals surface area contributed by atoms with Gasteiger partial charge in [0.1, 0.15) is 0 Å². The fraction of sp³-hybridized carbons (Fsp3) is 0.0833. The van der Waals surface area contributed by atoms with Crippen LogP contribution in [0, 0.1) is 13.8 Å². The molecule has 1 aromatic heterocycles. The third-order valence-electron chi connectivity index (χ3n) is 4.54. The first-order valence-corrected chi connectivity index (χ1v) is 10.3. The van der Waals surface area contributed by atoms with Gasteiger partial charge in [-0.2, -0.15) is 0 Å². The van der Waals surface area contributed by atoms with Crippen molar-refractivity contribution in [1.82, 2.24) is 0 Å². The van der Waals surface area contributed by atoms with Gasteiger partial charge >= 0.3 is 0 Å². The monoisotopic (exact) mass is 418 g/mol. The standard InChI is InChI=1S/C24H19BrS/c1-16-8-12-19(13-9-16)23-21(18-6-4-3-5-7-18)22(25)24(26-23)20-14-10-17(2)11-15-20/h3-15H,1-2H3. The van der Waals surface area contributed by atoms with Crippen LogP contribution in [0.25, 0.3) is 32.0 Å². The summed E-state index contributed by atoms with van der Waals surface area (Å²) in [7, 11) is 0. The fourth-order valence-electron chi connectivity index (χ4n) is 3.07. The molecule has 0 aliphatic heterocycles. The topological polar surface area (TPSA) is 0 Å². The molecule has 0 spiro atoms. The minimum atomic E-state index is 1.17. The molecule has 0 amide bonds. The Labute approximate surface area is 167 Å². The molecule has 26 heavy (non-hydrogen) atoms. The molecule has 1 heterocycles. The second-order valence-corrected chi connectivity index (χ2v) is 8.36. The Morgan fingerprint density at radius 1 is 0.577 bits per heavy atom. The lowest BCUT2D eigenvalue weighted by molar-refractivity contribution is 1.47. The average molecular weight is 419 g/mol. The highest BCUT2D eigenvalue weighted by Gasteiger charge is 2.20. The zero-order chi connectivity index (χ0) is 18.1. The molecule has 4 rings (SSSR count). The minimum Gasteiger partial charge on any atom is -0.133 e. The number of halogens is 1. The van der Waals surface area contributed by atoms with Crippen molar-refractivity contribution >= 4 is 27.3 Å². The van der Waals surface area contributed by atoms with Crippen molar-refractivity contribution in [2.45, 2.75) is 13.8 Å². The van der Waals surface area contributed by atoms with E-state index < -0.39 is 0 Å². The van der Waals surface area contributed by atoms with Gasteiger partial charge in [0.25, 0.3) is 0 Å². The van der Waals surface area contributed by atoms with E-state index in [1.807, 2.05) is 11.3 Å². The smallest absolute Gasteiger partial charge is 0.0498 e. The van der Waals surface area contributed by atoms with Gasteiger partial charge in [-0.25, -0.2) is 0 Å². The number of hydrogen-bond donors (Lipinski definition) is 0. The van der Waals surface area contributed by atoms with Gasteiger partial charge < -0.3 is 0 Å². The van der Waals surface area contributed by atoms with Crippen LogP contribution in [0.5, 0.6) is 0 Å². The molecule has 0 saturated carbocycles. The fourth-order valence-corrected chi connectivity index (χ4v) is 5.33. The summed E-state index contributed by atoms with van der Waals surface area (Å²) in [6.07, 6.45) is 0. The quantitative estimate of drug-likeness (QED) is 0.314. The number of hydrogen-bond acceptors (Lipinski definition) is 1. The Kier molecular flexibility index (Phi) is 4.80. The summed E-state index contributed by atoms with van der Waals surface area (Å²) in [5.41, 5.74) is 7.59. The predicted molar refractivity (Wildman–Crippen MR) is 118 cm³/mol. The third-order valence-corrected chi connectivity index (χ3v) is 6.88. The van der Waals surface area contributed by atoms with Crippen LogP contribution < -0.4 is 0 Å². The largest absolute Gasteiger partial charge is 0.133 e. The van der Waals surface area contributed by atoms with Crippen molar-refractivity contribution in [3.8, 4) is 32.0 Å². The van der Waals surface area contributed by atoms with Crippen molar-refractivity contribution in [3.05, 3.63) is 94.5 Å². The maximum atomic E-state index is 3.92. The van der Waals surface area contributed by atoms with Crippen molar-refractivity contribution in [3.63, 3.8) is 0 Å².